The Morgan fingerprint density at radius 1 is 1.40 bits per heavy atom. The Labute approximate surface area is 193 Å². The number of oxazole rings is 1. The number of benzene rings is 1. The van der Waals surface area contributed by atoms with Crippen LogP contribution >= 0.6 is 24.0 Å². The lowest BCUT2D eigenvalue weighted by molar-refractivity contribution is -0.149. The summed E-state index contributed by atoms with van der Waals surface area (Å²) >= 11 is 0. The van der Waals surface area contributed by atoms with Gasteiger partial charge in [0.25, 0.3) is 0 Å². The molecule has 0 spiro atoms. The molecule has 1 aliphatic heterocycles. The minimum atomic E-state index is -0.293. The van der Waals surface area contributed by atoms with Crippen LogP contribution in [0.4, 0.5) is 4.39 Å². The summed E-state index contributed by atoms with van der Waals surface area (Å²) in [6, 6.07) is 6.04. The van der Waals surface area contributed by atoms with Crippen LogP contribution < -0.4 is 5.32 Å². The van der Waals surface area contributed by atoms with E-state index in [1.807, 2.05) is 6.92 Å². The smallest absolute Gasteiger partial charge is 0.310 e. The molecule has 1 atom stereocenters. The van der Waals surface area contributed by atoms with Crippen LogP contribution in [-0.2, 0) is 16.0 Å². The number of hydrogen-bond donors (Lipinski definition) is 1. The summed E-state index contributed by atoms with van der Waals surface area (Å²) in [5.74, 6) is 0.692. The van der Waals surface area contributed by atoms with Gasteiger partial charge in [0.05, 0.1) is 18.2 Å². The minimum absolute atomic E-state index is 0. The van der Waals surface area contributed by atoms with Gasteiger partial charge in [-0.05, 0) is 44.0 Å². The van der Waals surface area contributed by atoms with Crippen molar-refractivity contribution in [2.75, 3.05) is 33.3 Å². The molecule has 1 saturated heterocycles. The molecule has 0 radical (unpaired) electrons. The van der Waals surface area contributed by atoms with Crippen molar-refractivity contribution in [3.63, 3.8) is 0 Å². The van der Waals surface area contributed by atoms with Crippen LogP contribution in [-0.4, -0.2) is 55.1 Å². The third-order valence-corrected chi connectivity index (χ3v) is 4.86. The molecule has 9 heteroatoms. The largest absolute Gasteiger partial charge is 0.466 e. The molecule has 3 rings (SSSR count). The summed E-state index contributed by atoms with van der Waals surface area (Å²) in [4.78, 5) is 22.9. The molecule has 0 aliphatic carbocycles. The highest BCUT2D eigenvalue weighted by molar-refractivity contribution is 14.0. The summed E-state index contributed by atoms with van der Waals surface area (Å²) in [5.41, 5.74) is 1.54. The van der Waals surface area contributed by atoms with E-state index >= 15 is 0 Å². The van der Waals surface area contributed by atoms with E-state index in [9.17, 15) is 9.18 Å². The van der Waals surface area contributed by atoms with Gasteiger partial charge in [-0.1, -0.05) is 0 Å². The maximum Gasteiger partial charge on any atom is 0.310 e. The number of aromatic nitrogens is 1. The van der Waals surface area contributed by atoms with Crippen molar-refractivity contribution in [2.45, 2.75) is 26.2 Å². The summed E-state index contributed by atoms with van der Waals surface area (Å²) in [6.45, 7) is 4.32. The molecule has 1 unspecified atom stereocenters. The third kappa shape index (κ3) is 6.41. The average Bonchev–Trinajstić information content (AvgIpc) is 3.21. The Morgan fingerprint density at radius 2 is 2.17 bits per heavy atom. The van der Waals surface area contributed by atoms with Gasteiger partial charge in [-0.15, -0.1) is 24.0 Å². The fourth-order valence-electron chi connectivity index (χ4n) is 3.40. The van der Waals surface area contributed by atoms with E-state index in [1.54, 1.807) is 25.4 Å². The molecule has 1 aromatic carbocycles. The molecule has 0 amide bonds. The topological polar surface area (TPSA) is 80.0 Å². The summed E-state index contributed by atoms with van der Waals surface area (Å²) in [7, 11) is 1.74. The van der Waals surface area contributed by atoms with Crippen molar-refractivity contribution in [2.24, 2.45) is 10.9 Å². The van der Waals surface area contributed by atoms with E-state index in [0.717, 1.165) is 36.6 Å². The van der Waals surface area contributed by atoms with Gasteiger partial charge >= 0.3 is 5.97 Å². The fraction of sp³-hybridized carbons (Fsp3) is 0.476. The number of esters is 1. The van der Waals surface area contributed by atoms with E-state index in [1.165, 1.54) is 12.1 Å². The second-order valence-electron chi connectivity index (χ2n) is 6.91. The zero-order valence-electron chi connectivity index (χ0n) is 17.3. The first-order valence-corrected chi connectivity index (χ1v) is 9.93. The number of rotatable bonds is 6. The minimum Gasteiger partial charge on any atom is -0.466 e. The Hall–Kier alpha value is -2.17. The molecule has 164 valence electrons. The van der Waals surface area contributed by atoms with Gasteiger partial charge in [-0.25, -0.2) is 9.37 Å². The fourth-order valence-corrected chi connectivity index (χ4v) is 3.40. The molecule has 0 bridgehead atoms. The maximum atomic E-state index is 13.0. The van der Waals surface area contributed by atoms with Crippen LogP contribution in [0.15, 0.2) is 39.9 Å². The average molecular weight is 530 g/mol. The zero-order chi connectivity index (χ0) is 20.6. The molecule has 1 aliphatic rings. The molecule has 2 heterocycles. The zero-order valence-corrected chi connectivity index (χ0v) is 19.6. The van der Waals surface area contributed by atoms with E-state index in [2.05, 4.69) is 20.2 Å². The lowest BCUT2D eigenvalue weighted by atomic mass is 9.98. The quantitative estimate of drug-likeness (QED) is 0.267. The number of carbonyl (C=O) groups is 1. The SMILES string of the molecule is CCOC(=O)C1CCCN(C(=NC)NCCc2coc(-c3ccc(F)cc3)n2)C1.I. The number of guanidine groups is 1. The van der Waals surface area contributed by atoms with Crippen LogP contribution in [0, 0.1) is 11.7 Å². The second-order valence-corrected chi connectivity index (χ2v) is 6.91. The first-order chi connectivity index (χ1) is 14.1. The Kier molecular flexibility index (Phi) is 9.54. The van der Waals surface area contributed by atoms with Crippen molar-refractivity contribution in [3.05, 3.63) is 42.0 Å². The number of hydrogen-bond acceptors (Lipinski definition) is 5. The van der Waals surface area contributed by atoms with E-state index in [0.29, 0.717) is 32.0 Å². The van der Waals surface area contributed by atoms with Gasteiger partial charge in [-0.3, -0.25) is 9.79 Å². The van der Waals surface area contributed by atoms with Gasteiger partial charge in [-0.2, -0.15) is 0 Å². The number of nitrogens with one attached hydrogen (secondary N) is 1. The van der Waals surface area contributed by atoms with Crippen molar-refractivity contribution >= 4 is 35.9 Å². The van der Waals surface area contributed by atoms with Crippen LogP contribution in [0.5, 0.6) is 0 Å². The van der Waals surface area contributed by atoms with E-state index in [4.69, 9.17) is 9.15 Å². The molecule has 0 saturated carbocycles. The second kappa shape index (κ2) is 11.9. The van der Waals surface area contributed by atoms with Crippen LogP contribution in [0.2, 0.25) is 0 Å². The molecule has 7 nitrogen and oxygen atoms in total. The first kappa shape index (κ1) is 24.1. The monoisotopic (exact) mass is 530 g/mol. The maximum absolute atomic E-state index is 13.0. The van der Waals surface area contributed by atoms with Crippen molar-refractivity contribution in [1.29, 1.82) is 0 Å². The van der Waals surface area contributed by atoms with Gasteiger partial charge in [0.1, 0.15) is 12.1 Å². The number of likely N-dealkylation sites (tertiary alicyclic amines) is 1. The highest BCUT2D eigenvalue weighted by atomic mass is 127. The van der Waals surface area contributed by atoms with Gasteiger partial charge in [0, 0.05) is 38.7 Å². The van der Waals surface area contributed by atoms with Gasteiger partial charge < -0.3 is 19.4 Å². The normalized spacial score (nSPS) is 16.7. The molecule has 1 aromatic heterocycles. The highest BCUT2D eigenvalue weighted by Gasteiger charge is 2.28. The number of nitrogens with zero attached hydrogens (tertiary/aromatic N) is 3. The lowest BCUT2D eigenvalue weighted by Gasteiger charge is -2.33. The van der Waals surface area contributed by atoms with Crippen LogP contribution in [0.25, 0.3) is 11.5 Å². The summed E-state index contributed by atoms with van der Waals surface area (Å²) in [5, 5.41) is 3.33. The first-order valence-electron chi connectivity index (χ1n) is 9.93. The van der Waals surface area contributed by atoms with Crippen LogP contribution in [0.3, 0.4) is 0 Å². The van der Waals surface area contributed by atoms with E-state index in [-0.39, 0.29) is 41.7 Å². The van der Waals surface area contributed by atoms with Gasteiger partial charge in [0.2, 0.25) is 5.89 Å². The standard InChI is InChI=1S/C21H27FN4O3.HI/c1-3-28-20(27)16-5-4-12-26(13-16)21(23-2)24-11-10-18-14-29-19(25-18)15-6-8-17(22)9-7-15;/h6-9,14,16H,3-5,10-13H2,1-2H3,(H,23,24);1H. The number of aliphatic imine (C=N–C) groups is 1. The highest BCUT2D eigenvalue weighted by Crippen LogP contribution is 2.20. The predicted molar refractivity (Wildman–Crippen MR) is 123 cm³/mol. The number of piperidine rings is 1. The molecule has 30 heavy (non-hydrogen) atoms. The van der Waals surface area contributed by atoms with Gasteiger partial charge in [0.15, 0.2) is 5.96 Å². The lowest BCUT2D eigenvalue weighted by Crippen LogP contribution is -2.48. The number of halogens is 2. The Balaban J connectivity index is 0.00000320. The molecular weight excluding hydrogens is 502 g/mol. The Morgan fingerprint density at radius 3 is 2.87 bits per heavy atom. The summed E-state index contributed by atoms with van der Waals surface area (Å²) in [6.07, 6.45) is 4.03. The van der Waals surface area contributed by atoms with Crippen molar-refractivity contribution in [3.8, 4) is 11.5 Å². The molecule has 2 aromatic rings. The molecule has 1 N–H and O–H groups in total. The van der Waals surface area contributed by atoms with Crippen molar-refractivity contribution < 1.29 is 18.3 Å². The number of carbonyl (C=O) groups excluding carboxylic acids is 1. The summed E-state index contributed by atoms with van der Waals surface area (Å²) < 4.78 is 23.7. The number of ether oxygens (including phenoxy) is 1. The molecule has 1 fully saturated rings. The van der Waals surface area contributed by atoms with Crippen molar-refractivity contribution in [1.82, 2.24) is 15.2 Å². The van der Waals surface area contributed by atoms with E-state index < -0.39 is 0 Å². The molecular formula is C21H28FIN4O3. The van der Waals surface area contributed by atoms with Crippen LogP contribution in [0.1, 0.15) is 25.5 Å². The predicted octanol–water partition coefficient (Wildman–Crippen LogP) is 3.49. The third-order valence-electron chi connectivity index (χ3n) is 4.86. The Bertz CT molecular complexity index is 841.